The second-order valence-electron chi connectivity index (χ2n) is 8.41. The van der Waals surface area contributed by atoms with E-state index >= 15 is 0 Å². The van der Waals surface area contributed by atoms with Crippen molar-refractivity contribution in [3.8, 4) is 5.75 Å². The summed E-state index contributed by atoms with van der Waals surface area (Å²) in [4.78, 5) is 18.4. The van der Waals surface area contributed by atoms with Gasteiger partial charge in [0, 0.05) is 15.7 Å². The predicted octanol–water partition coefficient (Wildman–Crippen LogP) is 5.97. The van der Waals surface area contributed by atoms with Crippen molar-refractivity contribution in [2.24, 2.45) is 0 Å². The third-order valence-electron chi connectivity index (χ3n) is 6.37. The van der Waals surface area contributed by atoms with E-state index in [0.29, 0.717) is 17.3 Å². The van der Waals surface area contributed by atoms with E-state index in [1.165, 1.54) is 6.42 Å². The zero-order chi connectivity index (χ0) is 22.2. The van der Waals surface area contributed by atoms with Crippen LogP contribution in [0.4, 0.5) is 5.95 Å². The Kier molecular flexibility index (Phi) is 5.67. The van der Waals surface area contributed by atoms with E-state index in [0.717, 1.165) is 52.4 Å². The number of allylic oxidation sites excluding steroid dienone is 1. The van der Waals surface area contributed by atoms with Crippen LogP contribution in [0.1, 0.15) is 50.6 Å². The summed E-state index contributed by atoms with van der Waals surface area (Å²) in [6, 6.07) is 13.4. The van der Waals surface area contributed by atoms with E-state index in [4.69, 9.17) is 14.5 Å². The molecule has 7 heteroatoms. The predicted molar refractivity (Wildman–Crippen MR) is 128 cm³/mol. The third kappa shape index (κ3) is 3.68. The Morgan fingerprint density at radius 1 is 1.16 bits per heavy atom. The highest BCUT2D eigenvalue weighted by Gasteiger charge is 2.37. The molecule has 1 aromatic heterocycles. The molecule has 0 unspecified atom stereocenters. The number of carbonyl (C=O) groups is 1. The van der Waals surface area contributed by atoms with Crippen molar-refractivity contribution in [3.05, 3.63) is 63.8 Å². The van der Waals surface area contributed by atoms with E-state index < -0.39 is 6.04 Å². The van der Waals surface area contributed by atoms with Crippen LogP contribution in [-0.2, 0) is 9.53 Å². The Balaban J connectivity index is 1.66. The number of hydrogen-bond acceptors (Lipinski definition) is 5. The normalized spacial score (nSPS) is 18.9. The largest absolute Gasteiger partial charge is 0.496 e. The third-order valence-corrected chi connectivity index (χ3v) is 6.86. The number of nitrogens with zero attached hydrogens (tertiary/aromatic N) is 2. The molecule has 1 aliphatic heterocycles. The average Bonchev–Trinajstić information content (AvgIpc) is 3.16. The fourth-order valence-corrected chi connectivity index (χ4v) is 5.17. The molecule has 0 saturated heterocycles. The summed E-state index contributed by atoms with van der Waals surface area (Å²) in [6.45, 7) is 1.92. The second-order valence-corrected chi connectivity index (χ2v) is 9.33. The summed E-state index contributed by atoms with van der Waals surface area (Å²) in [5.41, 5.74) is 4.04. The van der Waals surface area contributed by atoms with E-state index in [9.17, 15) is 4.79 Å². The first kappa shape index (κ1) is 21.1. The lowest BCUT2D eigenvalue weighted by Crippen LogP contribution is -2.31. The Labute approximate surface area is 195 Å². The number of ether oxygens (including phenoxy) is 2. The van der Waals surface area contributed by atoms with Gasteiger partial charge in [0.1, 0.15) is 11.9 Å². The minimum atomic E-state index is -0.419. The number of para-hydroxylation sites is 2. The summed E-state index contributed by atoms with van der Waals surface area (Å²) in [7, 11) is 1.65. The van der Waals surface area contributed by atoms with E-state index in [2.05, 4.69) is 25.8 Å². The Bertz CT molecular complexity index is 1210. The van der Waals surface area contributed by atoms with Gasteiger partial charge in [-0.15, -0.1) is 0 Å². The van der Waals surface area contributed by atoms with Gasteiger partial charge in [-0.05, 0) is 56.9 Å². The average molecular weight is 496 g/mol. The van der Waals surface area contributed by atoms with Gasteiger partial charge in [0.2, 0.25) is 5.95 Å². The highest BCUT2D eigenvalue weighted by atomic mass is 79.9. The molecule has 6 nitrogen and oxygen atoms in total. The number of aromatic nitrogens is 2. The first-order valence-electron chi connectivity index (χ1n) is 11.1. The summed E-state index contributed by atoms with van der Waals surface area (Å²) >= 11 is 3.53. The standard InChI is InChI=1S/C25H26BrN3O3/c1-15-22(24(30)32-17-8-4-3-5-9-17)23(18-13-12-16(26)14-21(18)31-2)29-20-11-7-6-10-19(20)28-25(29)27-15/h6-7,10-14,17,23H,3-5,8-9H2,1-2H3,(H,27,28)/t23-/m0/s1. The fraction of sp³-hybridized carbons (Fsp3) is 0.360. The Morgan fingerprint density at radius 3 is 2.72 bits per heavy atom. The topological polar surface area (TPSA) is 65.4 Å². The quantitative estimate of drug-likeness (QED) is 0.451. The molecule has 0 spiro atoms. The van der Waals surface area contributed by atoms with Crippen LogP contribution >= 0.6 is 15.9 Å². The molecule has 0 bridgehead atoms. The van der Waals surface area contributed by atoms with Crippen LogP contribution in [0.3, 0.4) is 0 Å². The number of anilines is 1. The van der Waals surface area contributed by atoms with Crippen LogP contribution in [0.5, 0.6) is 5.75 Å². The minimum absolute atomic E-state index is 0.0232. The molecule has 166 valence electrons. The number of hydrogen-bond donors (Lipinski definition) is 1. The van der Waals surface area contributed by atoms with Gasteiger partial charge in [0.25, 0.3) is 0 Å². The van der Waals surface area contributed by atoms with Crippen molar-refractivity contribution < 1.29 is 14.3 Å². The van der Waals surface area contributed by atoms with Crippen molar-refractivity contribution in [3.63, 3.8) is 0 Å². The highest BCUT2D eigenvalue weighted by molar-refractivity contribution is 9.10. The van der Waals surface area contributed by atoms with Gasteiger partial charge in [-0.3, -0.25) is 4.57 Å². The maximum atomic E-state index is 13.6. The number of rotatable bonds is 4. The molecule has 1 aliphatic carbocycles. The van der Waals surface area contributed by atoms with Gasteiger partial charge in [0.15, 0.2) is 0 Å². The van der Waals surface area contributed by atoms with Gasteiger partial charge in [-0.1, -0.05) is 40.5 Å². The fourth-order valence-electron chi connectivity index (χ4n) is 4.83. The van der Waals surface area contributed by atoms with Gasteiger partial charge in [-0.2, -0.15) is 0 Å². The number of fused-ring (bicyclic) bond motifs is 3. The van der Waals surface area contributed by atoms with Crippen LogP contribution < -0.4 is 10.1 Å². The zero-order valence-electron chi connectivity index (χ0n) is 18.2. The van der Waals surface area contributed by atoms with E-state index in [1.807, 2.05) is 49.4 Å². The molecule has 2 heterocycles. The number of halogens is 1. The maximum Gasteiger partial charge on any atom is 0.338 e. The molecule has 1 fully saturated rings. The monoisotopic (exact) mass is 495 g/mol. The van der Waals surface area contributed by atoms with Gasteiger partial charge in [-0.25, -0.2) is 9.78 Å². The number of benzene rings is 2. The summed E-state index contributed by atoms with van der Waals surface area (Å²) in [5.74, 6) is 1.12. The molecular weight excluding hydrogens is 470 g/mol. The number of nitrogens with one attached hydrogen (secondary N) is 1. The van der Waals surface area contributed by atoms with Crippen LogP contribution in [0, 0.1) is 0 Å². The molecule has 3 aromatic rings. The number of carbonyl (C=O) groups excluding carboxylic acids is 1. The molecule has 32 heavy (non-hydrogen) atoms. The molecule has 1 saturated carbocycles. The SMILES string of the molecule is COc1cc(Br)ccc1[C@H]1C(C(=O)OC2CCCCC2)=C(C)Nc2nc3ccccc3n21. The molecule has 2 aromatic carbocycles. The van der Waals surface area contributed by atoms with Crippen molar-refractivity contribution in [2.75, 3.05) is 12.4 Å². The zero-order valence-corrected chi connectivity index (χ0v) is 19.8. The summed E-state index contributed by atoms with van der Waals surface area (Å²) in [6.07, 6.45) is 5.25. The molecule has 0 amide bonds. The Hall–Kier alpha value is -2.80. The van der Waals surface area contributed by atoms with Crippen molar-refractivity contribution in [2.45, 2.75) is 51.2 Å². The molecule has 5 rings (SSSR count). The van der Waals surface area contributed by atoms with E-state index in [1.54, 1.807) is 7.11 Å². The molecular formula is C25H26BrN3O3. The van der Waals surface area contributed by atoms with E-state index in [-0.39, 0.29) is 12.1 Å². The summed E-state index contributed by atoms with van der Waals surface area (Å²) < 4.78 is 14.8. The minimum Gasteiger partial charge on any atom is -0.496 e. The van der Waals surface area contributed by atoms with Crippen LogP contribution in [0.15, 0.2) is 58.2 Å². The van der Waals surface area contributed by atoms with Crippen molar-refractivity contribution >= 4 is 38.9 Å². The molecule has 0 radical (unpaired) electrons. The maximum absolute atomic E-state index is 13.6. The lowest BCUT2D eigenvalue weighted by Gasteiger charge is -2.32. The summed E-state index contributed by atoms with van der Waals surface area (Å²) in [5, 5.41) is 3.35. The smallest absolute Gasteiger partial charge is 0.338 e. The van der Waals surface area contributed by atoms with Gasteiger partial charge in [0.05, 0.1) is 29.8 Å². The molecule has 1 N–H and O–H groups in total. The van der Waals surface area contributed by atoms with Crippen LogP contribution in [-0.4, -0.2) is 28.7 Å². The number of esters is 1. The van der Waals surface area contributed by atoms with Crippen LogP contribution in [0.2, 0.25) is 0 Å². The first-order valence-corrected chi connectivity index (χ1v) is 11.9. The highest BCUT2D eigenvalue weighted by Crippen LogP contribution is 2.43. The molecule has 2 aliphatic rings. The lowest BCUT2D eigenvalue weighted by molar-refractivity contribution is -0.146. The van der Waals surface area contributed by atoms with Gasteiger partial charge < -0.3 is 14.8 Å². The second kappa shape index (κ2) is 8.62. The lowest BCUT2D eigenvalue weighted by atomic mass is 9.93. The van der Waals surface area contributed by atoms with Crippen molar-refractivity contribution in [1.29, 1.82) is 0 Å². The van der Waals surface area contributed by atoms with Crippen LogP contribution in [0.25, 0.3) is 11.0 Å². The van der Waals surface area contributed by atoms with Crippen molar-refractivity contribution in [1.82, 2.24) is 9.55 Å². The number of methoxy groups -OCH3 is 1. The first-order chi connectivity index (χ1) is 15.6. The van der Waals surface area contributed by atoms with Gasteiger partial charge >= 0.3 is 5.97 Å². The number of imidazole rings is 1. The Morgan fingerprint density at radius 2 is 1.94 bits per heavy atom. The molecule has 1 atom stereocenters.